The van der Waals surface area contributed by atoms with E-state index in [1.165, 1.54) is 0 Å². The average molecular weight is 208 g/mol. The number of benzene rings is 1. The fourth-order valence-corrected chi connectivity index (χ4v) is 2.00. The Labute approximate surface area is 90.1 Å². The van der Waals surface area contributed by atoms with Crippen LogP contribution in [0.2, 0.25) is 0 Å². The van der Waals surface area contributed by atoms with Crippen LogP contribution < -0.4 is 5.32 Å². The number of hydrogen-bond donors (Lipinski definition) is 1. The van der Waals surface area contributed by atoms with Gasteiger partial charge >= 0.3 is 0 Å². The van der Waals surface area contributed by atoms with Crippen LogP contribution in [0.15, 0.2) is 30.3 Å². The summed E-state index contributed by atoms with van der Waals surface area (Å²) >= 11 is 0. The first-order chi connectivity index (χ1) is 7.29. The average Bonchev–Trinajstić information content (AvgIpc) is 2.30. The Hall–Kier alpha value is -0.930. The lowest BCUT2D eigenvalue weighted by molar-refractivity contribution is 0.0316. The minimum atomic E-state index is -0.969. The number of halogens is 1. The van der Waals surface area contributed by atoms with Crippen LogP contribution in [0.1, 0.15) is 18.8 Å². The van der Waals surface area contributed by atoms with Crippen molar-refractivity contribution < 1.29 is 4.39 Å². The Morgan fingerprint density at radius 3 is 2.80 bits per heavy atom. The number of alkyl halides is 1. The van der Waals surface area contributed by atoms with Gasteiger partial charge in [-0.1, -0.05) is 30.3 Å². The molecule has 2 atom stereocenters. The quantitative estimate of drug-likeness (QED) is 0.747. The van der Waals surface area contributed by atoms with Crippen LogP contribution in [0.5, 0.6) is 0 Å². The predicted octanol–water partition coefficient (Wildman–Crippen LogP) is 1.95. The van der Waals surface area contributed by atoms with Gasteiger partial charge in [0.05, 0.1) is 0 Å². The molecule has 82 valence electrons. The molecule has 1 aromatic rings. The van der Waals surface area contributed by atoms with Crippen molar-refractivity contribution in [3.8, 4) is 0 Å². The number of rotatable bonds is 2. The number of hydrogen-bond acceptors (Lipinski definition) is 2. The van der Waals surface area contributed by atoms with E-state index in [-0.39, 0.29) is 6.04 Å². The molecule has 1 aliphatic rings. The molecule has 0 aromatic heterocycles. The molecule has 0 aliphatic carbocycles. The summed E-state index contributed by atoms with van der Waals surface area (Å²) in [4.78, 5) is 1.91. The predicted molar refractivity (Wildman–Crippen MR) is 59.3 cm³/mol. The summed E-state index contributed by atoms with van der Waals surface area (Å²) in [5.41, 5.74) is 0.756. The van der Waals surface area contributed by atoms with Gasteiger partial charge in [0.1, 0.15) is 0 Å². The summed E-state index contributed by atoms with van der Waals surface area (Å²) in [7, 11) is 0. The molecular formula is C12H17FN2. The second-order valence-corrected chi connectivity index (χ2v) is 4.04. The van der Waals surface area contributed by atoms with Gasteiger partial charge in [-0.25, -0.2) is 4.39 Å². The lowest BCUT2D eigenvalue weighted by Gasteiger charge is -2.36. The maximum absolute atomic E-state index is 14.2. The molecule has 0 saturated carbocycles. The highest BCUT2D eigenvalue weighted by Crippen LogP contribution is 2.24. The molecule has 1 N–H and O–H groups in total. The van der Waals surface area contributed by atoms with Crippen LogP contribution in [0.4, 0.5) is 4.39 Å². The molecule has 2 unspecified atom stereocenters. The third-order valence-corrected chi connectivity index (χ3v) is 2.92. The molecule has 15 heavy (non-hydrogen) atoms. The van der Waals surface area contributed by atoms with E-state index >= 15 is 0 Å². The van der Waals surface area contributed by atoms with Gasteiger partial charge in [0, 0.05) is 31.2 Å². The second-order valence-electron chi connectivity index (χ2n) is 4.04. The molecule has 0 amide bonds. The van der Waals surface area contributed by atoms with Gasteiger partial charge in [-0.3, -0.25) is 4.90 Å². The highest BCUT2D eigenvalue weighted by Gasteiger charge is 2.26. The van der Waals surface area contributed by atoms with Gasteiger partial charge in [0.2, 0.25) is 0 Å². The summed E-state index contributed by atoms with van der Waals surface area (Å²) in [6, 6.07) is 9.63. The highest BCUT2D eigenvalue weighted by atomic mass is 19.1. The monoisotopic (exact) mass is 208 g/mol. The normalized spacial score (nSPS) is 25.1. The van der Waals surface area contributed by atoms with Crippen molar-refractivity contribution in [2.45, 2.75) is 19.3 Å². The van der Waals surface area contributed by atoms with E-state index in [4.69, 9.17) is 0 Å². The molecular weight excluding hydrogens is 191 g/mol. The molecule has 0 bridgehead atoms. The largest absolute Gasteiger partial charge is 0.314 e. The van der Waals surface area contributed by atoms with Gasteiger partial charge in [0.15, 0.2) is 6.30 Å². The van der Waals surface area contributed by atoms with Crippen molar-refractivity contribution in [3.05, 3.63) is 35.9 Å². The molecule has 1 aliphatic heterocycles. The van der Waals surface area contributed by atoms with Crippen molar-refractivity contribution in [2.75, 3.05) is 19.6 Å². The highest BCUT2D eigenvalue weighted by molar-refractivity contribution is 5.17. The van der Waals surface area contributed by atoms with E-state index in [1.54, 1.807) is 0 Å². The smallest absolute Gasteiger partial charge is 0.179 e. The molecule has 1 saturated heterocycles. The number of piperazine rings is 1. The van der Waals surface area contributed by atoms with Crippen molar-refractivity contribution in [1.82, 2.24) is 10.2 Å². The van der Waals surface area contributed by atoms with Crippen LogP contribution in [0, 0.1) is 0 Å². The third kappa shape index (κ3) is 2.36. The zero-order valence-electron chi connectivity index (χ0n) is 8.99. The van der Waals surface area contributed by atoms with Crippen LogP contribution in [-0.2, 0) is 0 Å². The fourth-order valence-electron chi connectivity index (χ4n) is 2.00. The fraction of sp³-hybridized carbons (Fsp3) is 0.500. The zero-order valence-corrected chi connectivity index (χ0v) is 8.99. The van der Waals surface area contributed by atoms with Crippen molar-refractivity contribution >= 4 is 0 Å². The standard InChI is InChI=1S/C12H17FN2/c1-10-9-14-7-8-15(10)12(13)11-5-3-2-4-6-11/h2-6,10,12,14H,7-9H2,1H3. The zero-order chi connectivity index (χ0) is 10.7. The molecule has 1 heterocycles. The number of nitrogens with zero attached hydrogens (tertiary/aromatic N) is 1. The van der Waals surface area contributed by atoms with Gasteiger partial charge in [-0.2, -0.15) is 0 Å². The third-order valence-electron chi connectivity index (χ3n) is 2.92. The van der Waals surface area contributed by atoms with Crippen molar-refractivity contribution in [1.29, 1.82) is 0 Å². The first-order valence-electron chi connectivity index (χ1n) is 5.44. The summed E-state index contributed by atoms with van der Waals surface area (Å²) in [5, 5.41) is 3.26. The summed E-state index contributed by atoms with van der Waals surface area (Å²) in [6.07, 6.45) is -0.969. The molecule has 0 radical (unpaired) electrons. The van der Waals surface area contributed by atoms with Gasteiger partial charge < -0.3 is 5.32 Å². The maximum Gasteiger partial charge on any atom is 0.179 e. The Morgan fingerprint density at radius 2 is 2.13 bits per heavy atom. The minimum Gasteiger partial charge on any atom is -0.314 e. The van der Waals surface area contributed by atoms with Gasteiger partial charge in [-0.15, -0.1) is 0 Å². The van der Waals surface area contributed by atoms with E-state index in [0.29, 0.717) is 0 Å². The topological polar surface area (TPSA) is 15.3 Å². The van der Waals surface area contributed by atoms with Crippen LogP contribution in [0.25, 0.3) is 0 Å². The molecule has 1 fully saturated rings. The van der Waals surface area contributed by atoms with E-state index < -0.39 is 6.30 Å². The van der Waals surface area contributed by atoms with Crippen LogP contribution >= 0.6 is 0 Å². The van der Waals surface area contributed by atoms with E-state index in [1.807, 2.05) is 35.2 Å². The Bertz CT molecular complexity index is 302. The first kappa shape index (κ1) is 10.6. The first-order valence-corrected chi connectivity index (χ1v) is 5.44. The molecule has 1 aromatic carbocycles. The van der Waals surface area contributed by atoms with Gasteiger partial charge in [-0.05, 0) is 6.92 Å². The molecule has 2 rings (SSSR count). The second kappa shape index (κ2) is 4.73. The van der Waals surface area contributed by atoms with Crippen LogP contribution in [0.3, 0.4) is 0 Å². The van der Waals surface area contributed by atoms with Crippen LogP contribution in [-0.4, -0.2) is 30.6 Å². The number of nitrogens with one attached hydrogen (secondary N) is 1. The lowest BCUT2D eigenvalue weighted by atomic mass is 10.1. The maximum atomic E-state index is 14.2. The van der Waals surface area contributed by atoms with Crippen molar-refractivity contribution in [2.24, 2.45) is 0 Å². The van der Waals surface area contributed by atoms with E-state index in [9.17, 15) is 4.39 Å². The molecule has 2 nitrogen and oxygen atoms in total. The lowest BCUT2D eigenvalue weighted by Crippen LogP contribution is -2.50. The summed E-state index contributed by atoms with van der Waals surface area (Å²) in [5.74, 6) is 0. The Balaban J connectivity index is 2.09. The van der Waals surface area contributed by atoms with E-state index in [0.717, 1.165) is 25.2 Å². The van der Waals surface area contributed by atoms with E-state index in [2.05, 4.69) is 12.2 Å². The summed E-state index contributed by atoms with van der Waals surface area (Å²) in [6.45, 7) is 4.57. The minimum absolute atomic E-state index is 0.258. The Morgan fingerprint density at radius 1 is 1.40 bits per heavy atom. The van der Waals surface area contributed by atoms with Gasteiger partial charge in [0.25, 0.3) is 0 Å². The van der Waals surface area contributed by atoms with Crippen molar-refractivity contribution in [3.63, 3.8) is 0 Å². The SMILES string of the molecule is CC1CNCCN1C(F)c1ccccc1. The Kier molecular flexibility index (Phi) is 3.34. The molecule has 3 heteroatoms. The molecule has 0 spiro atoms. The summed E-state index contributed by atoms with van der Waals surface area (Å²) < 4.78 is 14.2.